The van der Waals surface area contributed by atoms with Gasteiger partial charge in [0, 0.05) is 16.3 Å². The monoisotopic (exact) mass is 406 g/mol. The van der Waals surface area contributed by atoms with Crippen LogP contribution in [0.15, 0.2) is 0 Å². The van der Waals surface area contributed by atoms with Crippen molar-refractivity contribution in [2.75, 3.05) is 11.0 Å². The standard InChI is InChI=1S/C16H27IN2O2/c1-3-19-16(21-14(20)15(2,18)9-17)12-5-10-4-11(7-12)8-13(16)6-10/h10-13,19H,3-9,18H2,1-2H3/t10-,11?,12-,13?,15?,16?/m0/s1. The molecule has 4 saturated carbocycles. The van der Waals surface area contributed by atoms with Gasteiger partial charge in [0.05, 0.1) is 0 Å². The number of ether oxygens (including phenoxy) is 1. The fourth-order valence-electron chi connectivity index (χ4n) is 4.98. The predicted octanol–water partition coefficient (Wildman–Crippen LogP) is 2.44. The van der Waals surface area contributed by atoms with E-state index < -0.39 is 11.3 Å². The minimum absolute atomic E-state index is 0.245. The Morgan fingerprint density at radius 2 is 1.81 bits per heavy atom. The number of alkyl halides is 1. The maximum atomic E-state index is 12.6. The highest BCUT2D eigenvalue weighted by Crippen LogP contribution is 2.58. The van der Waals surface area contributed by atoms with Crippen molar-refractivity contribution < 1.29 is 9.53 Å². The van der Waals surface area contributed by atoms with E-state index in [0.29, 0.717) is 16.3 Å². The lowest BCUT2D eigenvalue weighted by molar-refractivity contribution is -0.224. The SMILES string of the molecule is CCNC1(OC(=O)C(C)(N)CI)C2CC3C[C@H](C2)C[C@H]1C3. The Hall–Kier alpha value is 0.120. The lowest BCUT2D eigenvalue weighted by Gasteiger charge is -2.60. The largest absolute Gasteiger partial charge is 0.442 e. The van der Waals surface area contributed by atoms with Crippen molar-refractivity contribution in [2.24, 2.45) is 29.4 Å². The second kappa shape index (κ2) is 5.64. The molecule has 0 aliphatic heterocycles. The number of nitrogens with two attached hydrogens (primary N) is 1. The van der Waals surface area contributed by atoms with Gasteiger partial charge in [0.1, 0.15) is 5.54 Å². The Kier molecular flexibility index (Phi) is 4.29. The van der Waals surface area contributed by atoms with E-state index in [1.807, 2.05) is 0 Å². The van der Waals surface area contributed by atoms with Gasteiger partial charge in [-0.1, -0.05) is 29.5 Å². The van der Waals surface area contributed by atoms with E-state index in [1.165, 1.54) is 32.1 Å². The van der Waals surface area contributed by atoms with E-state index in [1.54, 1.807) is 6.92 Å². The summed E-state index contributed by atoms with van der Waals surface area (Å²) in [7, 11) is 0. The van der Waals surface area contributed by atoms with Crippen molar-refractivity contribution in [1.29, 1.82) is 0 Å². The van der Waals surface area contributed by atoms with Crippen molar-refractivity contribution in [3.05, 3.63) is 0 Å². The Morgan fingerprint density at radius 1 is 1.29 bits per heavy atom. The Labute approximate surface area is 141 Å². The zero-order valence-electron chi connectivity index (χ0n) is 13.0. The van der Waals surface area contributed by atoms with E-state index >= 15 is 0 Å². The molecule has 1 atom stereocenters. The maximum absolute atomic E-state index is 12.6. The van der Waals surface area contributed by atoms with Crippen molar-refractivity contribution in [2.45, 2.75) is 57.2 Å². The minimum Gasteiger partial charge on any atom is -0.442 e. The number of halogens is 1. The molecule has 4 aliphatic rings. The van der Waals surface area contributed by atoms with Gasteiger partial charge in [-0.25, -0.2) is 4.79 Å². The zero-order chi connectivity index (χ0) is 15.3. The topological polar surface area (TPSA) is 64.3 Å². The van der Waals surface area contributed by atoms with Crippen LogP contribution in [0.25, 0.3) is 0 Å². The van der Waals surface area contributed by atoms with Crippen LogP contribution >= 0.6 is 22.6 Å². The van der Waals surface area contributed by atoms with Crippen LogP contribution in [0.2, 0.25) is 0 Å². The van der Waals surface area contributed by atoms with Gasteiger partial charge in [0.25, 0.3) is 0 Å². The molecule has 0 aromatic rings. The summed E-state index contributed by atoms with van der Waals surface area (Å²) >= 11 is 2.16. The van der Waals surface area contributed by atoms with Gasteiger partial charge in [-0.05, 0) is 57.4 Å². The zero-order valence-corrected chi connectivity index (χ0v) is 15.2. The van der Waals surface area contributed by atoms with Gasteiger partial charge in [-0.2, -0.15) is 0 Å². The summed E-state index contributed by atoms with van der Waals surface area (Å²) < 4.78 is 6.71. The van der Waals surface area contributed by atoms with Crippen LogP contribution in [0.5, 0.6) is 0 Å². The van der Waals surface area contributed by atoms with Gasteiger partial charge < -0.3 is 10.5 Å². The normalized spacial score (nSPS) is 43.6. The van der Waals surface area contributed by atoms with Crippen LogP contribution in [0.4, 0.5) is 0 Å². The molecule has 5 heteroatoms. The molecule has 0 spiro atoms. The number of carbonyl (C=O) groups is 1. The molecule has 0 heterocycles. The number of nitrogens with one attached hydrogen (secondary N) is 1. The highest BCUT2D eigenvalue weighted by atomic mass is 127. The van der Waals surface area contributed by atoms with Crippen molar-refractivity contribution in [1.82, 2.24) is 5.32 Å². The van der Waals surface area contributed by atoms with Crippen molar-refractivity contribution in [3.8, 4) is 0 Å². The first kappa shape index (κ1) is 16.0. The quantitative estimate of drug-likeness (QED) is 0.319. The average Bonchev–Trinajstić information content (AvgIpc) is 2.43. The van der Waals surface area contributed by atoms with E-state index in [9.17, 15) is 4.79 Å². The number of rotatable bonds is 5. The van der Waals surface area contributed by atoms with E-state index in [4.69, 9.17) is 10.5 Å². The fraction of sp³-hybridized carbons (Fsp3) is 0.938. The first-order chi connectivity index (χ1) is 9.91. The lowest BCUT2D eigenvalue weighted by Crippen LogP contribution is -2.68. The summed E-state index contributed by atoms with van der Waals surface area (Å²) in [6.45, 7) is 4.71. The molecule has 1 unspecified atom stereocenters. The highest BCUT2D eigenvalue weighted by Gasteiger charge is 2.60. The molecule has 3 N–H and O–H groups in total. The van der Waals surface area contributed by atoms with E-state index in [-0.39, 0.29) is 5.97 Å². The van der Waals surface area contributed by atoms with Crippen LogP contribution in [0.3, 0.4) is 0 Å². The van der Waals surface area contributed by atoms with Crippen LogP contribution in [0.1, 0.15) is 46.0 Å². The Morgan fingerprint density at radius 3 is 2.24 bits per heavy atom. The van der Waals surface area contributed by atoms with Gasteiger partial charge >= 0.3 is 5.97 Å². The molecule has 0 amide bonds. The van der Waals surface area contributed by atoms with Crippen molar-refractivity contribution in [3.63, 3.8) is 0 Å². The number of hydrogen-bond acceptors (Lipinski definition) is 4. The second-order valence-electron chi connectivity index (χ2n) is 7.57. The number of esters is 1. The average molecular weight is 406 g/mol. The summed E-state index contributed by atoms with van der Waals surface area (Å²) in [6.07, 6.45) is 6.22. The summed E-state index contributed by atoms with van der Waals surface area (Å²) in [5.41, 5.74) is 4.76. The molecule has 0 radical (unpaired) electrons. The molecular weight excluding hydrogens is 379 g/mol. The van der Waals surface area contributed by atoms with Gasteiger partial charge in [-0.15, -0.1) is 0 Å². The molecule has 21 heavy (non-hydrogen) atoms. The van der Waals surface area contributed by atoms with Gasteiger partial charge in [0.2, 0.25) is 0 Å². The Balaban J connectivity index is 1.85. The fourth-order valence-corrected chi connectivity index (χ4v) is 5.29. The van der Waals surface area contributed by atoms with Crippen molar-refractivity contribution >= 4 is 28.6 Å². The molecule has 0 aromatic carbocycles. The number of carbonyl (C=O) groups excluding carboxylic acids is 1. The molecule has 0 saturated heterocycles. The van der Waals surface area contributed by atoms with Crippen LogP contribution in [0, 0.1) is 23.7 Å². The molecule has 0 aromatic heterocycles. The third-order valence-electron chi connectivity index (χ3n) is 5.81. The molecule has 4 aliphatic carbocycles. The smallest absolute Gasteiger partial charge is 0.328 e. The summed E-state index contributed by atoms with van der Waals surface area (Å²) in [5, 5.41) is 3.57. The first-order valence-electron chi connectivity index (χ1n) is 8.24. The molecule has 4 bridgehead atoms. The molecule has 120 valence electrons. The highest BCUT2D eigenvalue weighted by molar-refractivity contribution is 14.1. The lowest BCUT2D eigenvalue weighted by atomic mass is 9.52. The van der Waals surface area contributed by atoms with Crippen LogP contribution in [-0.4, -0.2) is 28.2 Å². The molecule has 4 rings (SSSR count). The predicted molar refractivity (Wildman–Crippen MR) is 91.0 cm³/mol. The molecular formula is C16H27IN2O2. The first-order valence-corrected chi connectivity index (χ1v) is 9.77. The summed E-state index contributed by atoms with van der Waals surface area (Å²) in [6, 6.07) is 0. The molecule has 4 fully saturated rings. The third kappa shape index (κ3) is 2.63. The summed E-state index contributed by atoms with van der Waals surface area (Å²) in [5.74, 6) is 2.41. The van der Waals surface area contributed by atoms with E-state index in [2.05, 4.69) is 34.8 Å². The molecule has 4 nitrogen and oxygen atoms in total. The van der Waals surface area contributed by atoms with Gasteiger partial charge in [-0.3, -0.25) is 5.32 Å². The Bertz CT molecular complexity index is 397. The van der Waals surface area contributed by atoms with Crippen LogP contribution < -0.4 is 11.1 Å². The van der Waals surface area contributed by atoms with Crippen LogP contribution in [-0.2, 0) is 9.53 Å². The summed E-state index contributed by atoms with van der Waals surface area (Å²) in [4.78, 5) is 12.6. The van der Waals surface area contributed by atoms with E-state index in [0.717, 1.165) is 18.4 Å². The second-order valence-corrected chi connectivity index (χ2v) is 8.33. The minimum atomic E-state index is -0.891. The third-order valence-corrected chi connectivity index (χ3v) is 7.39. The maximum Gasteiger partial charge on any atom is 0.328 e. The van der Waals surface area contributed by atoms with Gasteiger partial charge in [0.15, 0.2) is 5.72 Å². The number of hydrogen-bond donors (Lipinski definition) is 2.